The Bertz CT molecular complexity index is 693. The van der Waals surface area contributed by atoms with Gasteiger partial charge < -0.3 is 14.4 Å². The van der Waals surface area contributed by atoms with Crippen molar-refractivity contribution in [2.75, 3.05) is 13.4 Å². The molecule has 1 aromatic heterocycles. The van der Waals surface area contributed by atoms with E-state index in [9.17, 15) is 13.5 Å². The molecular formula is C11H12N2O5S. The highest BCUT2D eigenvalue weighted by atomic mass is 32.2. The molecule has 0 aliphatic carbocycles. The van der Waals surface area contributed by atoms with Crippen molar-refractivity contribution >= 4 is 9.84 Å². The Morgan fingerprint density at radius 1 is 1.42 bits per heavy atom. The van der Waals surface area contributed by atoms with E-state index in [-0.39, 0.29) is 23.2 Å². The van der Waals surface area contributed by atoms with Crippen LogP contribution in [0.4, 0.5) is 0 Å². The molecule has 0 spiro atoms. The summed E-state index contributed by atoms with van der Waals surface area (Å²) in [5.74, 6) is 0.172. The van der Waals surface area contributed by atoms with Crippen molar-refractivity contribution in [3.63, 3.8) is 0 Å². The van der Waals surface area contributed by atoms with Crippen molar-refractivity contribution < 1.29 is 22.8 Å². The van der Waals surface area contributed by atoms with Crippen molar-refractivity contribution in [1.82, 2.24) is 10.1 Å². The van der Waals surface area contributed by atoms with Gasteiger partial charge in [-0.3, -0.25) is 0 Å². The molecule has 0 atom stereocenters. The number of methoxy groups -OCH3 is 1. The van der Waals surface area contributed by atoms with Gasteiger partial charge in [0.05, 0.1) is 7.11 Å². The second-order valence-electron chi connectivity index (χ2n) is 3.97. The monoisotopic (exact) mass is 284 g/mol. The van der Waals surface area contributed by atoms with Crippen LogP contribution < -0.4 is 4.74 Å². The van der Waals surface area contributed by atoms with Gasteiger partial charge in [0.15, 0.2) is 27.2 Å². The summed E-state index contributed by atoms with van der Waals surface area (Å²) in [5.41, 5.74) is 0.477. The predicted octanol–water partition coefficient (Wildman–Crippen LogP) is 0.995. The van der Waals surface area contributed by atoms with Crippen molar-refractivity contribution in [2.24, 2.45) is 0 Å². The number of phenols is 1. The minimum atomic E-state index is -3.22. The topological polar surface area (TPSA) is 103 Å². The fourth-order valence-electron chi connectivity index (χ4n) is 1.49. The smallest absolute Gasteiger partial charge is 0.258 e. The van der Waals surface area contributed by atoms with Crippen LogP contribution in [-0.4, -0.2) is 37.0 Å². The highest BCUT2D eigenvalue weighted by Gasteiger charge is 2.14. The molecule has 2 rings (SSSR count). The summed E-state index contributed by atoms with van der Waals surface area (Å²) in [5, 5.41) is 13.2. The lowest BCUT2D eigenvalue weighted by molar-refractivity contribution is 0.373. The van der Waals surface area contributed by atoms with E-state index >= 15 is 0 Å². The number of hydrogen-bond acceptors (Lipinski definition) is 7. The molecule has 0 fully saturated rings. The third-order valence-corrected chi connectivity index (χ3v) is 3.07. The van der Waals surface area contributed by atoms with Gasteiger partial charge in [-0.2, -0.15) is 4.98 Å². The summed E-state index contributed by atoms with van der Waals surface area (Å²) < 4.78 is 32.1. The average molecular weight is 284 g/mol. The van der Waals surface area contributed by atoms with Crippen molar-refractivity contribution in [3.05, 3.63) is 24.0 Å². The molecule has 1 N–H and O–H groups in total. The Hall–Kier alpha value is -2.09. The summed E-state index contributed by atoms with van der Waals surface area (Å²) in [6, 6.07) is 4.57. The maximum absolute atomic E-state index is 11.1. The lowest BCUT2D eigenvalue weighted by atomic mass is 10.2. The molecule has 7 nitrogen and oxygen atoms in total. The van der Waals surface area contributed by atoms with Crippen molar-refractivity contribution in [2.45, 2.75) is 5.75 Å². The molecule has 102 valence electrons. The second-order valence-corrected chi connectivity index (χ2v) is 6.11. The molecule has 8 heteroatoms. The zero-order valence-corrected chi connectivity index (χ0v) is 11.1. The Morgan fingerprint density at radius 3 is 2.74 bits per heavy atom. The predicted molar refractivity (Wildman–Crippen MR) is 66.5 cm³/mol. The van der Waals surface area contributed by atoms with Crippen LogP contribution in [-0.2, 0) is 15.6 Å². The van der Waals surface area contributed by atoms with E-state index in [4.69, 9.17) is 9.26 Å². The van der Waals surface area contributed by atoms with E-state index in [1.807, 2.05) is 0 Å². The number of rotatable bonds is 4. The standard InChI is InChI=1S/C11H12N2O5S/c1-17-9-4-3-7(5-8(9)14)11-12-10(13-18-11)6-19(2,15)16/h3-5,14H,6H2,1-2H3. The SMILES string of the molecule is COc1ccc(-c2nc(CS(C)(=O)=O)no2)cc1O. The van der Waals surface area contributed by atoms with Crippen LogP contribution in [0.25, 0.3) is 11.5 Å². The van der Waals surface area contributed by atoms with Gasteiger partial charge in [-0.1, -0.05) is 5.16 Å². The summed E-state index contributed by atoms with van der Waals surface area (Å²) in [7, 11) is -1.78. The molecule has 0 bridgehead atoms. The third kappa shape index (κ3) is 3.22. The highest BCUT2D eigenvalue weighted by molar-refractivity contribution is 7.89. The van der Waals surface area contributed by atoms with Gasteiger partial charge in [-0.05, 0) is 18.2 Å². The molecule has 1 aromatic carbocycles. The van der Waals surface area contributed by atoms with Crippen LogP contribution in [0, 0.1) is 0 Å². The molecule has 0 saturated carbocycles. The maximum Gasteiger partial charge on any atom is 0.258 e. The number of benzene rings is 1. The van der Waals surface area contributed by atoms with Gasteiger partial charge in [0.25, 0.3) is 5.89 Å². The van der Waals surface area contributed by atoms with Crippen LogP contribution in [0.3, 0.4) is 0 Å². The molecule has 1 heterocycles. The van der Waals surface area contributed by atoms with E-state index in [1.165, 1.54) is 13.2 Å². The van der Waals surface area contributed by atoms with Crippen molar-refractivity contribution in [3.8, 4) is 23.0 Å². The van der Waals surface area contributed by atoms with Gasteiger partial charge in [-0.25, -0.2) is 8.42 Å². The number of hydrogen-bond donors (Lipinski definition) is 1. The summed E-state index contributed by atoms with van der Waals surface area (Å²) in [6.07, 6.45) is 1.09. The molecule has 0 aliphatic rings. The second kappa shape index (κ2) is 4.88. The summed E-state index contributed by atoms with van der Waals surface area (Å²) in [4.78, 5) is 3.95. The Kier molecular flexibility index (Phi) is 3.43. The third-order valence-electron chi connectivity index (χ3n) is 2.29. The Labute approximate surface area is 109 Å². The number of aromatic hydroxyl groups is 1. The van der Waals surface area contributed by atoms with E-state index in [0.717, 1.165) is 6.26 Å². The van der Waals surface area contributed by atoms with Gasteiger partial charge in [0, 0.05) is 11.8 Å². The quantitative estimate of drug-likeness (QED) is 0.893. The molecular weight excluding hydrogens is 272 g/mol. The average Bonchev–Trinajstić information content (AvgIpc) is 2.75. The molecule has 19 heavy (non-hydrogen) atoms. The first-order chi connectivity index (χ1) is 8.89. The first-order valence-electron chi connectivity index (χ1n) is 5.27. The maximum atomic E-state index is 11.1. The van der Waals surface area contributed by atoms with Crippen LogP contribution in [0.1, 0.15) is 5.82 Å². The van der Waals surface area contributed by atoms with Gasteiger partial charge in [0.2, 0.25) is 0 Å². The Balaban J connectivity index is 2.30. The number of phenolic OH excluding ortho intramolecular Hbond substituents is 1. The molecule has 2 aromatic rings. The number of ether oxygens (including phenoxy) is 1. The summed E-state index contributed by atoms with van der Waals surface area (Å²) in [6.45, 7) is 0. The lowest BCUT2D eigenvalue weighted by Gasteiger charge is -2.03. The molecule has 0 amide bonds. The van der Waals surface area contributed by atoms with E-state index in [1.54, 1.807) is 12.1 Å². The molecule has 0 aliphatic heterocycles. The fraction of sp³-hybridized carbons (Fsp3) is 0.273. The number of aromatic nitrogens is 2. The minimum absolute atomic E-state index is 0.0668. The van der Waals surface area contributed by atoms with Gasteiger partial charge in [0.1, 0.15) is 5.75 Å². The Morgan fingerprint density at radius 2 is 2.16 bits per heavy atom. The van der Waals surface area contributed by atoms with Gasteiger partial charge >= 0.3 is 0 Å². The summed E-state index contributed by atoms with van der Waals surface area (Å²) >= 11 is 0. The van der Waals surface area contributed by atoms with Crippen LogP contribution in [0.2, 0.25) is 0 Å². The van der Waals surface area contributed by atoms with Gasteiger partial charge in [-0.15, -0.1) is 0 Å². The molecule has 0 saturated heterocycles. The fourth-order valence-corrected chi connectivity index (χ4v) is 2.07. The van der Waals surface area contributed by atoms with Crippen LogP contribution >= 0.6 is 0 Å². The zero-order valence-electron chi connectivity index (χ0n) is 10.3. The van der Waals surface area contributed by atoms with E-state index in [2.05, 4.69) is 10.1 Å². The van der Waals surface area contributed by atoms with E-state index < -0.39 is 9.84 Å². The largest absolute Gasteiger partial charge is 0.504 e. The van der Waals surface area contributed by atoms with E-state index in [0.29, 0.717) is 11.3 Å². The molecule has 0 radical (unpaired) electrons. The number of nitrogens with zero attached hydrogens (tertiary/aromatic N) is 2. The molecule has 0 unspecified atom stereocenters. The first kappa shape index (κ1) is 13.3. The normalized spacial score (nSPS) is 11.5. The minimum Gasteiger partial charge on any atom is -0.504 e. The lowest BCUT2D eigenvalue weighted by Crippen LogP contribution is -2.02. The zero-order chi connectivity index (χ0) is 14.0. The highest BCUT2D eigenvalue weighted by Crippen LogP contribution is 2.30. The first-order valence-corrected chi connectivity index (χ1v) is 7.33. The number of sulfone groups is 1. The van der Waals surface area contributed by atoms with Crippen molar-refractivity contribution in [1.29, 1.82) is 0 Å². The van der Waals surface area contributed by atoms with Crippen LogP contribution in [0.5, 0.6) is 11.5 Å². The van der Waals surface area contributed by atoms with Crippen LogP contribution in [0.15, 0.2) is 22.7 Å².